The lowest BCUT2D eigenvalue weighted by Crippen LogP contribution is -2.49. The van der Waals surface area contributed by atoms with Gasteiger partial charge in [0.2, 0.25) is 0 Å². The number of benzene rings is 2. The third-order valence-corrected chi connectivity index (χ3v) is 4.96. The number of hydrogen-bond donors (Lipinski definition) is 2. The van der Waals surface area contributed by atoms with Crippen molar-refractivity contribution >= 4 is 0 Å². The molecule has 1 saturated heterocycles. The van der Waals surface area contributed by atoms with Crippen LogP contribution < -0.4 is 10.6 Å². The molecular formula is C22H30N2. The molecule has 0 spiro atoms. The molecule has 1 fully saturated rings. The average Bonchev–Trinajstić information content (AvgIpc) is 2.63. The van der Waals surface area contributed by atoms with E-state index in [9.17, 15) is 0 Å². The highest BCUT2D eigenvalue weighted by Crippen LogP contribution is 2.13. The fourth-order valence-electron chi connectivity index (χ4n) is 3.49. The zero-order valence-electron chi connectivity index (χ0n) is 14.9. The van der Waals surface area contributed by atoms with Crippen molar-refractivity contribution in [3.63, 3.8) is 0 Å². The van der Waals surface area contributed by atoms with Crippen molar-refractivity contribution in [2.45, 2.75) is 45.1 Å². The van der Waals surface area contributed by atoms with Crippen molar-refractivity contribution in [3.05, 3.63) is 70.8 Å². The van der Waals surface area contributed by atoms with Crippen LogP contribution in [0.2, 0.25) is 0 Å². The summed E-state index contributed by atoms with van der Waals surface area (Å²) in [7, 11) is 0. The van der Waals surface area contributed by atoms with Gasteiger partial charge >= 0.3 is 0 Å². The molecule has 2 N–H and O–H groups in total. The number of aryl methyl sites for hydroxylation is 3. The minimum Gasteiger partial charge on any atom is -0.314 e. The highest BCUT2D eigenvalue weighted by molar-refractivity contribution is 5.26. The maximum atomic E-state index is 3.60. The lowest BCUT2D eigenvalue weighted by Gasteiger charge is -2.24. The highest BCUT2D eigenvalue weighted by atomic mass is 15.0. The van der Waals surface area contributed by atoms with Crippen molar-refractivity contribution in [2.24, 2.45) is 0 Å². The van der Waals surface area contributed by atoms with Crippen LogP contribution in [0.4, 0.5) is 0 Å². The van der Waals surface area contributed by atoms with E-state index in [1.54, 1.807) is 0 Å². The maximum absolute atomic E-state index is 3.60. The minimum absolute atomic E-state index is 0.575. The molecule has 1 heterocycles. The van der Waals surface area contributed by atoms with E-state index in [-0.39, 0.29) is 0 Å². The Bertz CT molecular complexity index is 612. The fourth-order valence-corrected chi connectivity index (χ4v) is 3.49. The quantitative estimate of drug-likeness (QED) is 0.815. The first kappa shape index (κ1) is 17.2. The standard InChI is InChI=1S/C22H30N2/c1-2-18-9-11-19(12-10-18)5-3-6-20-7-4-8-21(15-20)16-22-17-23-13-14-24-22/h4,7-12,15,22-24H,2-3,5-6,13-14,16-17H2,1H3/t22-/m1/s1. The Morgan fingerprint density at radius 2 is 1.62 bits per heavy atom. The Balaban J connectivity index is 1.48. The second-order valence-corrected chi connectivity index (χ2v) is 6.90. The van der Waals surface area contributed by atoms with Gasteiger partial charge in [-0.2, -0.15) is 0 Å². The third-order valence-electron chi connectivity index (χ3n) is 4.96. The molecule has 24 heavy (non-hydrogen) atoms. The van der Waals surface area contributed by atoms with Gasteiger partial charge in [0.15, 0.2) is 0 Å². The van der Waals surface area contributed by atoms with Crippen LogP contribution in [-0.2, 0) is 25.7 Å². The van der Waals surface area contributed by atoms with Gasteiger partial charge in [-0.3, -0.25) is 0 Å². The zero-order chi connectivity index (χ0) is 16.6. The minimum atomic E-state index is 0.575. The first-order valence-corrected chi connectivity index (χ1v) is 9.43. The molecule has 1 aliphatic heterocycles. The van der Waals surface area contributed by atoms with E-state index in [1.807, 2.05) is 0 Å². The molecule has 2 heteroatoms. The highest BCUT2D eigenvalue weighted by Gasteiger charge is 2.12. The molecular weight excluding hydrogens is 292 g/mol. The topological polar surface area (TPSA) is 24.1 Å². The Labute approximate surface area is 146 Å². The molecule has 3 rings (SSSR count). The normalized spacial score (nSPS) is 17.8. The van der Waals surface area contributed by atoms with E-state index in [2.05, 4.69) is 66.1 Å². The van der Waals surface area contributed by atoms with E-state index in [0.717, 1.165) is 32.5 Å². The van der Waals surface area contributed by atoms with E-state index < -0.39 is 0 Å². The predicted molar refractivity (Wildman–Crippen MR) is 103 cm³/mol. The summed E-state index contributed by atoms with van der Waals surface area (Å²) in [4.78, 5) is 0. The van der Waals surface area contributed by atoms with Gasteiger partial charge in [0.25, 0.3) is 0 Å². The van der Waals surface area contributed by atoms with Crippen molar-refractivity contribution < 1.29 is 0 Å². The molecule has 128 valence electrons. The van der Waals surface area contributed by atoms with Crippen LogP contribution in [0.15, 0.2) is 48.5 Å². The number of piperazine rings is 1. The van der Waals surface area contributed by atoms with Crippen molar-refractivity contribution in [3.8, 4) is 0 Å². The van der Waals surface area contributed by atoms with Gasteiger partial charge in [-0.25, -0.2) is 0 Å². The average molecular weight is 322 g/mol. The van der Waals surface area contributed by atoms with Crippen molar-refractivity contribution in [1.29, 1.82) is 0 Å². The monoisotopic (exact) mass is 322 g/mol. The smallest absolute Gasteiger partial charge is 0.0233 e. The van der Waals surface area contributed by atoms with E-state index in [1.165, 1.54) is 41.5 Å². The summed E-state index contributed by atoms with van der Waals surface area (Å²) in [6.07, 6.45) is 5.80. The zero-order valence-corrected chi connectivity index (χ0v) is 14.9. The molecule has 2 aromatic carbocycles. The van der Waals surface area contributed by atoms with Crippen LogP contribution in [0, 0.1) is 0 Å². The van der Waals surface area contributed by atoms with Crippen LogP contribution >= 0.6 is 0 Å². The summed E-state index contributed by atoms with van der Waals surface area (Å²) in [5.41, 5.74) is 5.82. The summed E-state index contributed by atoms with van der Waals surface area (Å²) in [6, 6.07) is 18.8. The summed E-state index contributed by atoms with van der Waals surface area (Å²) in [5, 5.41) is 7.07. The molecule has 0 aliphatic carbocycles. The molecule has 2 aromatic rings. The molecule has 0 saturated carbocycles. The van der Waals surface area contributed by atoms with Crippen LogP contribution in [0.25, 0.3) is 0 Å². The van der Waals surface area contributed by atoms with E-state index in [4.69, 9.17) is 0 Å². The molecule has 1 atom stereocenters. The van der Waals surface area contributed by atoms with Crippen molar-refractivity contribution in [2.75, 3.05) is 19.6 Å². The second-order valence-electron chi connectivity index (χ2n) is 6.90. The molecule has 0 amide bonds. The Kier molecular flexibility index (Phi) is 6.45. The molecule has 2 nitrogen and oxygen atoms in total. The second kappa shape index (κ2) is 9.00. The molecule has 0 radical (unpaired) electrons. The van der Waals surface area contributed by atoms with Gasteiger partial charge in [-0.05, 0) is 54.4 Å². The first-order valence-electron chi connectivity index (χ1n) is 9.43. The van der Waals surface area contributed by atoms with Crippen LogP contribution in [-0.4, -0.2) is 25.7 Å². The summed E-state index contributed by atoms with van der Waals surface area (Å²) in [5.74, 6) is 0. The molecule has 0 unspecified atom stereocenters. The number of hydrogen-bond acceptors (Lipinski definition) is 2. The van der Waals surface area contributed by atoms with Crippen LogP contribution in [0.3, 0.4) is 0 Å². The Hall–Kier alpha value is -1.64. The third kappa shape index (κ3) is 5.19. The van der Waals surface area contributed by atoms with Crippen molar-refractivity contribution in [1.82, 2.24) is 10.6 Å². The van der Waals surface area contributed by atoms with Gasteiger partial charge < -0.3 is 10.6 Å². The van der Waals surface area contributed by atoms with Gasteiger partial charge in [-0.1, -0.05) is 55.5 Å². The SMILES string of the molecule is CCc1ccc(CCCc2cccc(C[C@@H]3CNCCN3)c2)cc1. The summed E-state index contributed by atoms with van der Waals surface area (Å²) >= 11 is 0. The maximum Gasteiger partial charge on any atom is 0.0233 e. The Morgan fingerprint density at radius 1 is 0.875 bits per heavy atom. The van der Waals surface area contributed by atoms with E-state index in [0.29, 0.717) is 6.04 Å². The molecule has 1 aliphatic rings. The molecule has 0 aromatic heterocycles. The van der Waals surface area contributed by atoms with Gasteiger partial charge in [0, 0.05) is 25.7 Å². The summed E-state index contributed by atoms with van der Waals surface area (Å²) < 4.78 is 0. The van der Waals surface area contributed by atoms with Crippen LogP contribution in [0.1, 0.15) is 35.6 Å². The van der Waals surface area contributed by atoms with Gasteiger partial charge in [0.1, 0.15) is 0 Å². The van der Waals surface area contributed by atoms with Gasteiger partial charge in [-0.15, -0.1) is 0 Å². The van der Waals surface area contributed by atoms with Gasteiger partial charge in [0.05, 0.1) is 0 Å². The number of nitrogens with one attached hydrogen (secondary N) is 2. The number of rotatable bonds is 7. The Morgan fingerprint density at radius 3 is 2.38 bits per heavy atom. The largest absolute Gasteiger partial charge is 0.314 e. The predicted octanol–water partition coefficient (Wildman–Crippen LogP) is 3.53. The fraction of sp³-hybridized carbons (Fsp3) is 0.455. The van der Waals surface area contributed by atoms with E-state index >= 15 is 0 Å². The van der Waals surface area contributed by atoms with Crippen LogP contribution in [0.5, 0.6) is 0 Å². The molecule has 0 bridgehead atoms. The lowest BCUT2D eigenvalue weighted by molar-refractivity contribution is 0.416. The lowest BCUT2D eigenvalue weighted by atomic mass is 9.98. The summed E-state index contributed by atoms with van der Waals surface area (Å²) in [6.45, 7) is 5.47. The first-order chi connectivity index (χ1) is 11.8.